The number of rotatable bonds is 3. The van der Waals surface area contributed by atoms with E-state index in [0.29, 0.717) is 10.8 Å². The molecule has 0 rings (SSSR count). The van der Waals surface area contributed by atoms with E-state index in [1.54, 1.807) is 0 Å². The minimum absolute atomic E-state index is 0.283. The summed E-state index contributed by atoms with van der Waals surface area (Å²) in [5.41, 5.74) is 1.06. The molecule has 0 saturated heterocycles. The van der Waals surface area contributed by atoms with E-state index in [9.17, 15) is 0 Å². The minimum atomic E-state index is 0.283. The average Bonchev–Trinajstić information content (AvgIpc) is 1.75. The number of hydrogen-bond donors (Lipinski definition) is 0. The van der Waals surface area contributed by atoms with Gasteiger partial charge in [-0.15, -0.1) is 0 Å². The lowest BCUT2D eigenvalue weighted by molar-refractivity contribution is 0.0719. The monoisotopic (exact) mass is 213 g/mol. The SMILES string of the molecule is CN(CC(C)(C)C)C(C)(C)CC(C)(C)C. The summed E-state index contributed by atoms with van der Waals surface area (Å²) in [5.74, 6) is 0. The van der Waals surface area contributed by atoms with Crippen molar-refractivity contribution in [3.05, 3.63) is 0 Å². The van der Waals surface area contributed by atoms with Gasteiger partial charge in [0.05, 0.1) is 0 Å². The molecule has 0 aliphatic carbocycles. The van der Waals surface area contributed by atoms with Crippen LogP contribution in [0.5, 0.6) is 0 Å². The van der Waals surface area contributed by atoms with Gasteiger partial charge in [-0.1, -0.05) is 41.5 Å². The maximum absolute atomic E-state index is 2.50. The smallest absolute Gasteiger partial charge is 0.0155 e. The Bertz CT molecular complexity index is 190. The van der Waals surface area contributed by atoms with Crippen LogP contribution in [0.2, 0.25) is 0 Å². The van der Waals surface area contributed by atoms with Crippen LogP contribution in [0.25, 0.3) is 0 Å². The summed E-state index contributed by atoms with van der Waals surface area (Å²) < 4.78 is 0. The maximum Gasteiger partial charge on any atom is 0.0155 e. The fourth-order valence-electron chi connectivity index (χ4n) is 2.36. The Kier molecular flexibility index (Phi) is 4.44. The van der Waals surface area contributed by atoms with Gasteiger partial charge in [0.25, 0.3) is 0 Å². The van der Waals surface area contributed by atoms with Gasteiger partial charge in [-0.3, -0.25) is 0 Å². The third-order valence-electron chi connectivity index (χ3n) is 2.71. The first-order chi connectivity index (χ1) is 6.33. The predicted molar refractivity (Wildman–Crippen MR) is 70.2 cm³/mol. The van der Waals surface area contributed by atoms with Crippen molar-refractivity contribution < 1.29 is 0 Å². The average molecular weight is 213 g/mol. The van der Waals surface area contributed by atoms with Gasteiger partial charge in [0, 0.05) is 12.1 Å². The summed E-state index contributed by atoms with van der Waals surface area (Å²) in [6.07, 6.45) is 1.23. The van der Waals surface area contributed by atoms with Crippen molar-refractivity contribution >= 4 is 0 Å². The van der Waals surface area contributed by atoms with Crippen molar-refractivity contribution in [1.82, 2.24) is 4.90 Å². The molecule has 0 spiro atoms. The van der Waals surface area contributed by atoms with Crippen LogP contribution in [0.1, 0.15) is 61.8 Å². The highest BCUT2D eigenvalue weighted by atomic mass is 15.2. The van der Waals surface area contributed by atoms with Crippen LogP contribution >= 0.6 is 0 Å². The highest BCUT2D eigenvalue weighted by Crippen LogP contribution is 2.32. The fourth-order valence-corrected chi connectivity index (χ4v) is 2.36. The Morgan fingerprint density at radius 3 is 1.40 bits per heavy atom. The summed E-state index contributed by atoms with van der Waals surface area (Å²) in [7, 11) is 2.25. The van der Waals surface area contributed by atoms with Crippen LogP contribution in [-0.2, 0) is 0 Å². The van der Waals surface area contributed by atoms with E-state index in [0.717, 1.165) is 6.54 Å². The third-order valence-corrected chi connectivity index (χ3v) is 2.71. The molecule has 0 aliphatic rings. The zero-order valence-corrected chi connectivity index (χ0v) is 12.4. The first-order valence-electron chi connectivity index (χ1n) is 6.05. The van der Waals surface area contributed by atoms with Gasteiger partial charge in [0.2, 0.25) is 0 Å². The van der Waals surface area contributed by atoms with Crippen LogP contribution < -0.4 is 0 Å². The van der Waals surface area contributed by atoms with E-state index >= 15 is 0 Å². The molecule has 0 bridgehead atoms. The number of nitrogens with zero attached hydrogens (tertiary/aromatic N) is 1. The molecular formula is C14H31N. The first-order valence-corrected chi connectivity index (χ1v) is 6.05. The van der Waals surface area contributed by atoms with Crippen molar-refractivity contribution in [1.29, 1.82) is 0 Å². The van der Waals surface area contributed by atoms with Gasteiger partial charge >= 0.3 is 0 Å². The van der Waals surface area contributed by atoms with Gasteiger partial charge < -0.3 is 4.90 Å². The van der Waals surface area contributed by atoms with E-state index in [2.05, 4.69) is 67.3 Å². The Morgan fingerprint density at radius 2 is 1.13 bits per heavy atom. The Balaban J connectivity index is 4.46. The molecule has 0 radical (unpaired) electrons. The summed E-state index contributed by atoms with van der Waals surface area (Å²) >= 11 is 0. The van der Waals surface area contributed by atoms with E-state index in [4.69, 9.17) is 0 Å². The molecule has 0 N–H and O–H groups in total. The topological polar surface area (TPSA) is 3.24 Å². The molecule has 1 heteroatoms. The van der Waals surface area contributed by atoms with Crippen LogP contribution in [0.3, 0.4) is 0 Å². The molecule has 0 aromatic heterocycles. The Labute approximate surface area is 97.2 Å². The molecule has 0 heterocycles. The summed E-state index contributed by atoms with van der Waals surface area (Å²) in [6, 6.07) is 0. The van der Waals surface area contributed by atoms with E-state index in [-0.39, 0.29) is 5.54 Å². The second-order valence-corrected chi connectivity index (χ2v) is 7.97. The fraction of sp³-hybridized carbons (Fsp3) is 1.00. The van der Waals surface area contributed by atoms with Gasteiger partial charge in [-0.25, -0.2) is 0 Å². The second kappa shape index (κ2) is 4.45. The minimum Gasteiger partial charge on any atom is -0.301 e. The van der Waals surface area contributed by atoms with Gasteiger partial charge in [-0.2, -0.15) is 0 Å². The predicted octanol–water partition coefficient (Wildman–Crippen LogP) is 4.18. The zero-order chi connectivity index (χ0) is 12.5. The molecule has 0 aromatic rings. The molecule has 0 saturated carbocycles. The Morgan fingerprint density at radius 1 is 0.733 bits per heavy atom. The molecule has 1 nitrogen and oxygen atoms in total. The highest BCUT2D eigenvalue weighted by Gasteiger charge is 2.31. The first kappa shape index (κ1) is 15.0. The molecule has 0 amide bonds. The molecule has 0 aliphatic heterocycles. The normalized spacial score (nSPS) is 14.8. The molecule has 0 aromatic carbocycles. The van der Waals surface area contributed by atoms with Crippen molar-refractivity contribution in [2.45, 2.75) is 67.3 Å². The third kappa shape index (κ3) is 6.94. The van der Waals surface area contributed by atoms with Crippen molar-refractivity contribution in [2.24, 2.45) is 10.8 Å². The van der Waals surface area contributed by atoms with Gasteiger partial charge in [-0.05, 0) is 38.1 Å². The summed E-state index contributed by atoms with van der Waals surface area (Å²) in [5, 5.41) is 0. The van der Waals surface area contributed by atoms with Crippen molar-refractivity contribution in [2.75, 3.05) is 13.6 Å². The molecular weight excluding hydrogens is 182 g/mol. The lowest BCUT2D eigenvalue weighted by Gasteiger charge is -2.43. The van der Waals surface area contributed by atoms with Crippen LogP contribution in [0.4, 0.5) is 0 Å². The van der Waals surface area contributed by atoms with Crippen LogP contribution in [0.15, 0.2) is 0 Å². The van der Waals surface area contributed by atoms with E-state index < -0.39 is 0 Å². The molecule has 92 valence electrons. The van der Waals surface area contributed by atoms with Crippen molar-refractivity contribution in [3.63, 3.8) is 0 Å². The van der Waals surface area contributed by atoms with E-state index in [1.807, 2.05) is 0 Å². The largest absolute Gasteiger partial charge is 0.301 e. The lowest BCUT2D eigenvalue weighted by Crippen LogP contribution is -2.47. The maximum atomic E-state index is 2.50. The van der Waals surface area contributed by atoms with Gasteiger partial charge in [0.15, 0.2) is 0 Å². The molecule has 0 unspecified atom stereocenters. The molecule has 0 atom stereocenters. The van der Waals surface area contributed by atoms with Crippen molar-refractivity contribution in [3.8, 4) is 0 Å². The lowest BCUT2D eigenvalue weighted by atomic mass is 9.80. The zero-order valence-electron chi connectivity index (χ0n) is 12.4. The van der Waals surface area contributed by atoms with E-state index in [1.165, 1.54) is 6.42 Å². The second-order valence-electron chi connectivity index (χ2n) is 7.97. The highest BCUT2D eigenvalue weighted by molar-refractivity contribution is 4.86. The standard InChI is InChI=1S/C14H31N/c1-12(2,3)10-14(7,8)15(9)11-13(4,5)6/h10-11H2,1-9H3. The van der Waals surface area contributed by atoms with Crippen LogP contribution in [0, 0.1) is 10.8 Å². The molecule has 0 fully saturated rings. The quantitative estimate of drug-likeness (QED) is 0.680. The summed E-state index contributed by atoms with van der Waals surface area (Å²) in [4.78, 5) is 2.50. The van der Waals surface area contributed by atoms with Gasteiger partial charge in [0.1, 0.15) is 0 Å². The number of hydrogen-bond acceptors (Lipinski definition) is 1. The summed E-state index contributed by atoms with van der Waals surface area (Å²) in [6.45, 7) is 19.7. The Hall–Kier alpha value is -0.0400. The molecule has 15 heavy (non-hydrogen) atoms. The van der Waals surface area contributed by atoms with Crippen LogP contribution in [-0.4, -0.2) is 24.0 Å².